The minimum Gasteiger partial charge on any atom is -0.320 e. The average molecular weight is 324 g/mol. The van der Waals surface area contributed by atoms with Gasteiger partial charge in [-0.3, -0.25) is 0 Å². The molecule has 0 radical (unpaired) electrons. The molecule has 0 spiro atoms. The van der Waals surface area contributed by atoms with E-state index in [-0.39, 0.29) is 11.4 Å². The molecule has 1 aliphatic rings. The molecule has 0 saturated carbocycles. The lowest BCUT2D eigenvalue weighted by atomic mass is 10.1. The molecule has 1 aromatic rings. The lowest BCUT2D eigenvalue weighted by molar-refractivity contribution is 0.579. The zero-order valence-electron chi connectivity index (χ0n) is 12.1. The van der Waals surface area contributed by atoms with Gasteiger partial charge in [0.2, 0.25) is 10.0 Å². The van der Waals surface area contributed by atoms with Gasteiger partial charge in [0.25, 0.3) is 0 Å². The first-order valence-electron chi connectivity index (χ1n) is 6.94. The highest BCUT2D eigenvalue weighted by molar-refractivity contribution is 8.00. The highest BCUT2D eigenvalue weighted by atomic mass is 32.2. The van der Waals surface area contributed by atoms with Gasteiger partial charge in [0.1, 0.15) is 0 Å². The van der Waals surface area contributed by atoms with Gasteiger partial charge in [0.05, 0.1) is 11.4 Å². The minimum atomic E-state index is -3.53. The first-order valence-corrected chi connectivity index (χ1v) is 9.47. The predicted molar refractivity (Wildman–Crippen MR) is 87.8 cm³/mol. The van der Waals surface area contributed by atoms with Crippen LogP contribution in [0.2, 0.25) is 0 Å². The summed E-state index contributed by atoms with van der Waals surface area (Å²) in [4.78, 5) is 0.233. The standard InChI is InChI=1S/C15H20N2O2S2/c1-12-6-7-15(13(10-12)4-2-8-16)21(18,19)17-11-14-5-3-9-20-14/h6-7,10,14,17H,3,5,8-9,11,16H2,1H3. The van der Waals surface area contributed by atoms with E-state index in [1.165, 1.54) is 0 Å². The van der Waals surface area contributed by atoms with E-state index in [2.05, 4.69) is 16.6 Å². The summed E-state index contributed by atoms with van der Waals surface area (Å²) >= 11 is 1.83. The Morgan fingerprint density at radius 3 is 2.95 bits per heavy atom. The van der Waals surface area contributed by atoms with Crippen molar-refractivity contribution < 1.29 is 8.42 Å². The molecule has 1 unspecified atom stereocenters. The summed E-state index contributed by atoms with van der Waals surface area (Å²) in [5.41, 5.74) is 6.85. The highest BCUT2D eigenvalue weighted by Crippen LogP contribution is 2.26. The van der Waals surface area contributed by atoms with Crippen molar-refractivity contribution in [1.29, 1.82) is 0 Å². The highest BCUT2D eigenvalue weighted by Gasteiger charge is 2.21. The Hall–Kier alpha value is -1.00. The third kappa shape index (κ3) is 4.48. The molecule has 114 valence electrons. The maximum Gasteiger partial charge on any atom is 0.241 e. The second-order valence-electron chi connectivity index (χ2n) is 4.99. The van der Waals surface area contributed by atoms with Crippen LogP contribution < -0.4 is 10.5 Å². The molecule has 0 amide bonds. The van der Waals surface area contributed by atoms with Gasteiger partial charge in [-0.05, 0) is 43.2 Å². The summed E-state index contributed by atoms with van der Waals surface area (Å²) in [6.45, 7) is 2.59. The van der Waals surface area contributed by atoms with Crippen LogP contribution in [0.25, 0.3) is 0 Å². The van der Waals surface area contributed by atoms with E-state index in [9.17, 15) is 8.42 Å². The van der Waals surface area contributed by atoms with Crippen molar-refractivity contribution >= 4 is 21.8 Å². The number of nitrogens with one attached hydrogen (secondary N) is 1. The van der Waals surface area contributed by atoms with Crippen molar-refractivity contribution in [2.75, 3.05) is 18.8 Å². The fraction of sp³-hybridized carbons (Fsp3) is 0.467. The predicted octanol–water partition coefficient (Wildman–Crippen LogP) is 1.48. The number of thioether (sulfide) groups is 1. The number of hydrogen-bond donors (Lipinski definition) is 2. The molecule has 1 atom stereocenters. The van der Waals surface area contributed by atoms with Gasteiger partial charge in [-0.25, -0.2) is 13.1 Å². The van der Waals surface area contributed by atoms with Crippen LogP contribution in [-0.2, 0) is 10.0 Å². The fourth-order valence-electron chi connectivity index (χ4n) is 2.21. The summed E-state index contributed by atoms with van der Waals surface area (Å²) in [5.74, 6) is 6.69. The molecule has 4 nitrogen and oxygen atoms in total. The molecule has 1 heterocycles. The first-order chi connectivity index (χ1) is 10.0. The van der Waals surface area contributed by atoms with Crippen LogP contribution in [0.1, 0.15) is 24.0 Å². The van der Waals surface area contributed by atoms with Crippen molar-refractivity contribution in [2.45, 2.75) is 29.9 Å². The Bertz CT molecular complexity index is 654. The molecule has 21 heavy (non-hydrogen) atoms. The van der Waals surface area contributed by atoms with E-state index >= 15 is 0 Å². The van der Waals surface area contributed by atoms with Crippen molar-refractivity contribution in [3.8, 4) is 11.8 Å². The van der Waals surface area contributed by atoms with E-state index in [4.69, 9.17) is 5.73 Å². The van der Waals surface area contributed by atoms with Crippen LogP contribution >= 0.6 is 11.8 Å². The Morgan fingerprint density at radius 2 is 2.29 bits per heavy atom. The third-order valence-electron chi connectivity index (χ3n) is 3.27. The van der Waals surface area contributed by atoms with Crippen molar-refractivity contribution in [1.82, 2.24) is 4.72 Å². The van der Waals surface area contributed by atoms with E-state index in [1.54, 1.807) is 18.2 Å². The summed E-state index contributed by atoms with van der Waals surface area (Å²) in [5, 5.41) is 0.379. The molecular weight excluding hydrogens is 304 g/mol. The number of aryl methyl sites for hydroxylation is 1. The SMILES string of the molecule is Cc1ccc(S(=O)(=O)NCC2CCCS2)c(C#CCN)c1. The lowest BCUT2D eigenvalue weighted by Crippen LogP contribution is -2.30. The van der Waals surface area contributed by atoms with Crippen LogP contribution in [0.4, 0.5) is 0 Å². The smallest absolute Gasteiger partial charge is 0.241 e. The van der Waals surface area contributed by atoms with Gasteiger partial charge in [-0.2, -0.15) is 11.8 Å². The van der Waals surface area contributed by atoms with Gasteiger partial charge in [-0.1, -0.05) is 17.9 Å². The lowest BCUT2D eigenvalue weighted by Gasteiger charge is -2.12. The largest absolute Gasteiger partial charge is 0.320 e. The number of hydrogen-bond acceptors (Lipinski definition) is 4. The number of rotatable bonds is 4. The van der Waals surface area contributed by atoms with Crippen LogP contribution in [0.15, 0.2) is 23.1 Å². The van der Waals surface area contributed by atoms with Crippen molar-refractivity contribution in [3.05, 3.63) is 29.3 Å². The van der Waals surface area contributed by atoms with Crippen LogP contribution in [-0.4, -0.2) is 32.5 Å². The Kier molecular flexibility index (Phi) is 5.71. The molecule has 3 N–H and O–H groups in total. The van der Waals surface area contributed by atoms with E-state index in [1.807, 2.05) is 18.7 Å². The van der Waals surface area contributed by atoms with E-state index < -0.39 is 10.0 Å². The minimum absolute atomic E-state index is 0.208. The molecule has 6 heteroatoms. The summed E-state index contributed by atoms with van der Waals surface area (Å²) in [6, 6.07) is 5.17. The Labute approximate surface area is 130 Å². The van der Waals surface area contributed by atoms with Gasteiger partial charge in [-0.15, -0.1) is 0 Å². The summed E-state index contributed by atoms with van der Waals surface area (Å²) in [7, 11) is -3.53. The number of nitrogens with two attached hydrogens (primary N) is 1. The first kappa shape index (κ1) is 16.4. The average Bonchev–Trinajstić information content (AvgIpc) is 2.96. The topological polar surface area (TPSA) is 72.2 Å². The molecule has 2 rings (SSSR count). The molecule has 1 aliphatic heterocycles. The molecular formula is C15H20N2O2S2. The summed E-state index contributed by atoms with van der Waals surface area (Å²) in [6.07, 6.45) is 2.23. The molecule has 1 saturated heterocycles. The van der Waals surface area contributed by atoms with Crippen molar-refractivity contribution in [2.24, 2.45) is 5.73 Å². The third-order valence-corrected chi connectivity index (χ3v) is 6.15. The van der Waals surface area contributed by atoms with Gasteiger partial charge >= 0.3 is 0 Å². The maximum atomic E-state index is 12.5. The van der Waals surface area contributed by atoms with Gasteiger partial charge in [0, 0.05) is 17.4 Å². The molecule has 0 bridgehead atoms. The van der Waals surface area contributed by atoms with Gasteiger partial charge in [0.15, 0.2) is 0 Å². The molecule has 0 aliphatic carbocycles. The second-order valence-corrected chi connectivity index (χ2v) is 8.14. The molecule has 0 aromatic heterocycles. The monoisotopic (exact) mass is 324 g/mol. The zero-order chi connectivity index (χ0) is 15.3. The number of benzene rings is 1. The molecule has 1 aromatic carbocycles. The van der Waals surface area contributed by atoms with Gasteiger partial charge < -0.3 is 5.73 Å². The fourth-order valence-corrected chi connectivity index (χ4v) is 4.74. The maximum absolute atomic E-state index is 12.5. The van der Waals surface area contributed by atoms with E-state index in [0.29, 0.717) is 17.4 Å². The zero-order valence-corrected chi connectivity index (χ0v) is 13.7. The summed E-state index contributed by atoms with van der Waals surface area (Å²) < 4.78 is 27.6. The van der Waals surface area contributed by atoms with E-state index in [0.717, 1.165) is 24.2 Å². The Morgan fingerprint density at radius 1 is 1.48 bits per heavy atom. The number of sulfonamides is 1. The van der Waals surface area contributed by atoms with Crippen molar-refractivity contribution in [3.63, 3.8) is 0 Å². The molecule has 1 fully saturated rings. The van der Waals surface area contributed by atoms with Crippen LogP contribution in [0.3, 0.4) is 0 Å². The van der Waals surface area contributed by atoms with Crippen LogP contribution in [0, 0.1) is 18.8 Å². The quantitative estimate of drug-likeness (QED) is 0.823. The Balaban J connectivity index is 2.21. The second kappa shape index (κ2) is 7.32. The normalized spacial score (nSPS) is 18.3. The van der Waals surface area contributed by atoms with Crippen LogP contribution in [0.5, 0.6) is 0 Å².